The lowest BCUT2D eigenvalue weighted by atomic mass is 10.0. The van der Waals surface area contributed by atoms with Crippen molar-refractivity contribution in [2.45, 2.75) is 39.3 Å². The van der Waals surface area contributed by atoms with Gasteiger partial charge in [0.25, 0.3) is 0 Å². The highest BCUT2D eigenvalue weighted by Crippen LogP contribution is 2.29. The largest absolute Gasteiger partial charge is 0.493 e. The molecule has 0 bridgehead atoms. The van der Waals surface area contributed by atoms with E-state index < -0.39 is 0 Å². The number of aromatic nitrogens is 2. The molecule has 4 heteroatoms. The van der Waals surface area contributed by atoms with Crippen LogP contribution in [0.5, 0.6) is 5.75 Å². The maximum atomic E-state index is 6.45. The van der Waals surface area contributed by atoms with E-state index >= 15 is 0 Å². The molecule has 0 spiro atoms. The standard InChI is InChI=1S/C16H21N3O/c1-3-13-10-14(19(4-2)18-13)16(17)12-5-6-15-11(9-12)7-8-20-15/h5-6,9-10,16H,3-4,7-8,17H2,1-2H3. The lowest BCUT2D eigenvalue weighted by Crippen LogP contribution is -2.17. The van der Waals surface area contributed by atoms with Gasteiger partial charge in [-0.1, -0.05) is 19.1 Å². The quantitative estimate of drug-likeness (QED) is 0.929. The van der Waals surface area contributed by atoms with E-state index in [2.05, 4.69) is 37.1 Å². The third-order valence-electron chi connectivity index (χ3n) is 3.91. The Kier molecular flexibility index (Phi) is 3.49. The Morgan fingerprint density at radius 2 is 2.20 bits per heavy atom. The molecule has 0 amide bonds. The summed E-state index contributed by atoms with van der Waals surface area (Å²) in [6.07, 6.45) is 1.91. The molecule has 1 atom stereocenters. The van der Waals surface area contributed by atoms with Crippen LogP contribution in [0.4, 0.5) is 0 Å². The molecule has 1 aliphatic heterocycles. The highest BCUT2D eigenvalue weighted by molar-refractivity contribution is 5.42. The summed E-state index contributed by atoms with van der Waals surface area (Å²) in [5.74, 6) is 0.999. The average Bonchev–Trinajstić information content (AvgIpc) is 3.11. The lowest BCUT2D eigenvalue weighted by Gasteiger charge is -2.14. The van der Waals surface area contributed by atoms with Gasteiger partial charge in [-0.3, -0.25) is 4.68 Å². The molecule has 4 nitrogen and oxygen atoms in total. The lowest BCUT2D eigenvalue weighted by molar-refractivity contribution is 0.357. The SMILES string of the molecule is CCc1cc(C(N)c2ccc3c(c2)CCO3)n(CC)n1. The first-order valence-corrected chi connectivity index (χ1v) is 7.30. The smallest absolute Gasteiger partial charge is 0.122 e. The Hall–Kier alpha value is -1.81. The van der Waals surface area contributed by atoms with Crippen LogP contribution in [-0.2, 0) is 19.4 Å². The molecule has 2 heterocycles. The number of hydrogen-bond acceptors (Lipinski definition) is 3. The van der Waals surface area contributed by atoms with Crippen molar-refractivity contribution >= 4 is 0 Å². The second-order valence-electron chi connectivity index (χ2n) is 5.17. The third-order valence-corrected chi connectivity index (χ3v) is 3.91. The fraction of sp³-hybridized carbons (Fsp3) is 0.438. The van der Waals surface area contributed by atoms with E-state index in [1.165, 1.54) is 5.56 Å². The van der Waals surface area contributed by atoms with E-state index in [1.807, 2.05) is 10.7 Å². The molecule has 2 aromatic rings. The molecule has 20 heavy (non-hydrogen) atoms. The number of benzene rings is 1. The van der Waals surface area contributed by atoms with Gasteiger partial charge in [-0.05, 0) is 36.6 Å². The minimum Gasteiger partial charge on any atom is -0.493 e. The van der Waals surface area contributed by atoms with Gasteiger partial charge in [0, 0.05) is 13.0 Å². The number of fused-ring (bicyclic) bond motifs is 1. The summed E-state index contributed by atoms with van der Waals surface area (Å²) >= 11 is 0. The van der Waals surface area contributed by atoms with E-state index in [9.17, 15) is 0 Å². The Bertz CT molecular complexity index is 618. The summed E-state index contributed by atoms with van der Waals surface area (Å²) in [4.78, 5) is 0. The maximum Gasteiger partial charge on any atom is 0.122 e. The normalized spacial score (nSPS) is 14.9. The minimum atomic E-state index is -0.131. The average molecular weight is 271 g/mol. The fourth-order valence-corrected chi connectivity index (χ4v) is 2.73. The number of nitrogens with two attached hydrogens (primary N) is 1. The zero-order valence-corrected chi connectivity index (χ0v) is 12.1. The van der Waals surface area contributed by atoms with Crippen molar-refractivity contribution in [3.8, 4) is 5.75 Å². The molecule has 1 aromatic carbocycles. The Morgan fingerprint density at radius 3 is 2.95 bits per heavy atom. The Labute approximate surface area is 119 Å². The minimum absolute atomic E-state index is 0.131. The Balaban J connectivity index is 1.95. The molecule has 0 radical (unpaired) electrons. The van der Waals surface area contributed by atoms with Gasteiger partial charge in [-0.15, -0.1) is 0 Å². The summed E-state index contributed by atoms with van der Waals surface area (Å²) in [6, 6.07) is 8.26. The van der Waals surface area contributed by atoms with Gasteiger partial charge in [0.1, 0.15) is 5.75 Å². The van der Waals surface area contributed by atoms with Crippen LogP contribution in [0.3, 0.4) is 0 Å². The molecule has 1 aliphatic rings. The molecule has 0 fully saturated rings. The number of nitrogens with zero attached hydrogens (tertiary/aromatic N) is 2. The van der Waals surface area contributed by atoms with Crippen LogP contribution in [0.2, 0.25) is 0 Å². The van der Waals surface area contributed by atoms with Crippen molar-refractivity contribution in [1.29, 1.82) is 0 Å². The summed E-state index contributed by atoms with van der Waals surface area (Å²) in [5.41, 5.74) is 11.0. The van der Waals surface area contributed by atoms with Gasteiger partial charge >= 0.3 is 0 Å². The van der Waals surface area contributed by atoms with Crippen LogP contribution in [-0.4, -0.2) is 16.4 Å². The maximum absolute atomic E-state index is 6.45. The third kappa shape index (κ3) is 2.20. The summed E-state index contributed by atoms with van der Waals surface area (Å²) in [6.45, 7) is 5.83. The van der Waals surface area contributed by atoms with Crippen LogP contribution >= 0.6 is 0 Å². The molecule has 3 rings (SSSR count). The van der Waals surface area contributed by atoms with Crippen molar-refractivity contribution in [2.24, 2.45) is 5.73 Å². The van der Waals surface area contributed by atoms with E-state index in [0.29, 0.717) is 0 Å². The van der Waals surface area contributed by atoms with Crippen molar-refractivity contribution in [2.75, 3.05) is 6.61 Å². The van der Waals surface area contributed by atoms with E-state index in [1.54, 1.807) is 0 Å². The first kappa shape index (κ1) is 13.2. The number of ether oxygens (including phenoxy) is 1. The van der Waals surface area contributed by atoms with Crippen LogP contribution in [0.1, 0.15) is 42.4 Å². The summed E-state index contributed by atoms with van der Waals surface area (Å²) in [7, 11) is 0. The molecule has 2 N–H and O–H groups in total. The van der Waals surface area contributed by atoms with E-state index in [4.69, 9.17) is 10.5 Å². The van der Waals surface area contributed by atoms with Crippen molar-refractivity contribution in [3.05, 3.63) is 46.8 Å². The number of aryl methyl sites for hydroxylation is 2. The van der Waals surface area contributed by atoms with Gasteiger partial charge in [0.05, 0.1) is 24.0 Å². The molecular weight excluding hydrogens is 250 g/mol. The van der Waals surface area contributed by atoms with E-state index in [-0.39, 0.29) is 6.04 Å². The van der Waals surface area contributed by atoms with E-state index in [0.717, 1.165) is 48.7 Å². The van der Waals surface area contributed by atoms with Gasteiger partial charge in [-0.2, -0.15) is 5.10 Å². The van der Waals surface area contributed by atoms with Gasteiger partial charge in [0.15, 0.2) is 0 Å². The zero-order valence-electron chi connectivity index (χ0n) is 12.1. The summed E-state index contributed by atoms with van der Waals surface area (Å²) < 4.78 is 7.55. The van der Waals surface area contributed by atoms with Crippen molar-refractivity contribution in [1.82, 2.24) is 9.78 Å². The van der Waals surface area contributed by atoms with Gasteiger partial charge in [0.2, 0.25) is 0 Å². The van der Waals surface area contributed by atoms with Crippen molar-refractivity contribution in [3.63, 3.8) is 0 Å². The first-order valence-electron chi connectivity index (χ1n) is 7.30. The predicted molar refractivity (Wildman–Crippen MR) is 79.0 cm³/mol. The van der Waals surface area contributed by atoms with Crippen LogP contribution in [0.25, 0.3) is 0 Å². The first-order chi connectivity index (χ1) is 9.72. The molecule has 0 aliphatic carbocycles. The van der Waals surface area contributed by atoms with Gasteiger partial charge < -0.3 is 10.5 Å². The second-order valence-corrected chi connectivity index (χ2v) is 5.17. The molecular formula is C16H21N3O. The predicted octanol–water partition coefficient (Wildman–Crippen LogP) is 2.45. The highest BCUT2D eigenvalue weighted by atomic mass is 16.5. The van der Waals surface area contributed by atoms with Crippen LogP contribution in [0.15, 0.2) is 24.3 Å². The summed E-state index contributed by atoms with van der Waals surface area (Å²) in [5, 5.41) is 4.58. The second kappa shape index (κ2) is 5.29. The monoisotopic (exact) mass is 271 g/mol. The molecule has 106 valence electrons. The molecule has 0 saturated heterocycles. The highest BCUT2D eigenvalue weighted by Gasteiger charge is 2.19. The fourth-order valence-electron chi connectivity index (χ4n) is 2.73. The zero-order chi connectivity index (χ0) is 14.1. The van der Waals surface area contributed by atoms with Crippen LogP contribution < -0.4 is 10.5 Å². The molecule has 1 unspecified atom stereocenters. The van der Waals surface area contributed by atoms with Crippen LogP contribution in [0, 0.1) is 0 Å². The molecule has 1 aromatic heterocycles. The van der Waals surface area contributed by atoms with Crippen molar-refractivity contribution < 1.29 is 4.74 Å². The van der Waals surface area contributed by atoms with Gasteiger partial charge in [-0.25, -0.2) is 0 Å². The Morgan fingerprint density at radius 1 is 1.35 bits per heavy atom. The number of hydrogen-bond donors (Lipinski definition) is 1. The topological polar surface area (TPSA) is 53.1 Å². The number of rotatable bonds is 4. The molecule has 0 saturated carbocycles.